The van der Waals surface area contributed by atoms with Crippen LogP contribution in [0.25, 0.3) is 11.3 Å². The van der Waals surface area contributed by atoms with Crippen molar-refractivity contribution in [2.24, 2.45) is 0 Å². The van der Waals surface area contributed by atoms with Gasteiger partial charge in [0.15, 0.2) is 5.76 Å². The van der Waals surface area contributed by atoms with E-state index in [2.05, 4.69) is 10.5 Å². The first-order chi connectivity index (χ1) is 12.7. The maximum Gasteiger partial charge on any atom is 0.226 e. The van der Waals surface area contributed by atoms with E-state index in [0.29, 0.717) is 29.4 Å². The summed E-state index contributed by atoms with van der Waals surface area (Å²) in [7, 11) is 1.64. The zero-order chi connectivity index (χ0) is 18.4. The number of carbonyl (C=O) groups excluding carboxylic acids is 1. The Labute approximate surface area is 156 Å². The molecule has 5 nitrogen and oxygen atoms in total. The first-order valence-electron chi connectivity index (χ1n) is 8.26. The van der Waals surface area contributed by atoms with Crippen LogP contribution >= 0.6 is 11.6 Å². The molecule has 0 saturated heterocycles. The molecule has 0 saturated carbocycles. The smallest absolute Gasteiger partial charge is 0.226 e. The van der Waals surface area contributed by atoms with Crippen LogP contribution < -0.4 is 10.1 Å². The molecule has 0 atom stereocenters. The molecule has 0 bridgehead atoms. The number of amides is 1. The molecule has 6 heteroatoms. The van der Waals surface area contributed by atoms with Crippen LogP contribution in [0.1, 0.15) is 11.3 Å². The fourth-order valence-corrected chi connectivity index (χ4v) is 2.74. The maximum atomic E-state index is 12.1. The number of hydrogen-bond donors (Lipinski definition) is 1. The minimum Gasteiger partial charge on any atom is -0.496 e. The number of ether oxygens (including phenoxy) is 1. The lowest BCUT2D eigenvalue weighted by Crippen LogP contribution is -2.27. The predicted molar refractivity (Wildman–Crippen MR) is 100 cm³/mol. The number of aromatic nitrogens is 1. The number of halogens is 1. The molecule has 0 aliphatic carbocycles. The first-order valence-corrected chi connectivity index (χ1v) is 8.63. The van der Waals surface area contributed by atoms with Gasteiger partial charge in [-0.3, -0.25) is 4.79 Å². The van der Waals surface area contributed by atoms with E-state index in [-0.39, 0.29) is 12.3 Å². The van der Waals surface area contributed by atoms with E-state index in [1.54, 1.807) is 25.3 Å². The second-order valence-electron chi connectivity index (χ2n) is 5.78. The Balaban J connectivity index is 1.51. The van der Waals surface area contributed by atoms with Gasteiger partial charge in [0.2, 0.25) is 5.91 Å². The normalized spacial score (nSPS) is 10.5. The van der Waals surface area contributed by atoms with Crippen LogP contribution in [0.2, 0.25) is 5.02 Å². The molecule has 1 N–H and O–H groups in total. The van der Waals surface area contributed by atoms with Gasteiger partial charge in [-0.05, 0) is 42.3 Å². The van der Waals surface area contributed by atoms with Crippen LogP contribution in [0.4, 0.5) is 0 Å². The van der Waals surface area contributed by atoms with Crippen LogP contribution in [-0.4, -0.2) is 24.7 Å². The third-order valence-corrected chi connectivity index (χ3v) is 4.19. The van der Waals surface area contributed by atoms with Crippen molar-refractivity contribution in [2.45, 2.75) is 12.8 Å². The fraction of sp³-hybridized carbons (Fsp3) is 0.200. The fourth-order valence-electron chi connectivity index (χ4n) is 2.62. The lowest BCUT2D eigenvalue weighted by atomic mass is 10.1. The first kappa shape index (κ1) is 18.0. The van der Waals surface area contributed by atoms with Gasteiger partial charge in [-0.2, -0.15) is 0 Å². The van der Waals surface area contributed by atoms with Crippen LogP contribution in [-0.2, 0) is 17.6 Å². The van der Waals surface area contributed by atoms with Gasteiger partial charge in [-0.15, -0.1) is 0 Å². The molecule has 0 radical (unpaired) electrons. The van der Waals surface area contributed by atoms with Crippen LogP contribution in [0.3, 0.4) is 0 Å². The molecule has 1 amide bonds. The highest BCUT2D eigenvalue weighted by atomic mass is 35.5. The summed E-state index contributed by atoms with van der Waals surface area (Å²) in [5.41, 5.74) is 2.51. The van der Waals surface area contributed by atoms with Gasteiger partial charge in [0.05, 0.1) is 19.2 Å². The molecule has 2 aromatic carbocycles. The summed E-state index contributed by atoms with van der Waals surface area (Å²) in [6, 6.07) is 16.8. The summed E-state index contributed by atoms with van der Waals surface area (Å²) in [5, 5.41) is 7.51. The quantitative estimate of drug-likeness (QED) is 0.685. The summed E-state index contributed by atoms with van der Waals surface area (Å²) in [4.78, 5) is 12.1. The largest absolute Gasteiger partial charge is 0.496 e. The van der Waals surface area contributed by atoms with Crippen molar-refractivity contribution in [2.75, 3.05) is 13.7 Å². The van der Waals surface area contributed by atoms with Gasteiger partial charge < -0.3 is 14.6 Å². The lowest BCUT2D eigenvalue weighted by Gasteiger charge is -2.08. The minimum atomic E-state index is -0.101. The molecule has 26 heavy (non-hydrogen) atoms. The highest BCUT2D eigenvalue weighted by molar-refractivity contribution is 6.30. The van der Waals surface area contributed by atoms with Crippen LogP contribution in [0, 0.1) is 0 Å². The molecule has 1 heterocycles. The van der Waals surface area contributed by atoms with Gasteiger partial charge in [0, 0.05) is 23.2 Å². The summed E-state index contributed by atoms with van der Waals surface area (Å²) in [6.07, 6.45) is 0.869. The zero-order valence-electron chi connectivity index (χ0n) is 14.4. The number of benzene rings is 2. The van der Waals surface area contributed by atoms with E-state index in [1.807, 2.05) is 36.4 Å². The number of hydrogen-bond acceptors (Lipinski definition) is 4. The molecule has 0 fully saturated rings. The molecule has 0 spiro atoms. The van der Waals surface area contributed by atoms with Crippen molar-refractivity contribution < 1.29 is 14.1 Å². The Morgan fingerprint density at radius 1 is 1.19 bits per heavy atom. The molecule has 0 aliphatic rings. The minimum absolute atomic E-state index is 0.101. The van der Waals surface area contributed by atoms with Crippen molar-refractivity contribution in [1.82, 2.24) is 10.5 Å². The average Bonchev–Trinajstić information content (AvgIpc) is 3.11. The Morgan fingerprint density at radius 3 is 2.73 bits per heavy atom. The SMILES string of the molecule is COc1ccccc1CCNC(=O)Cc1cc(-c2ccc(Cl)cc2)on1. The van der Waals surface area contributed by atoms with Crippen LogP contribution in [0.15, 0.2) is 59.1 Å². The summed E-state index contributed by atoms with van der Waals surface area (Å²) < 4.78 is 10.6. The molecular weight excluding hydrogens is 352 g/mol. The van der Waals surface area contributed by atoms with Crippen molar-refractivity contribution in [3.8, 4) is 17.1 Å². The van der Waals surface area contributed by atoms with Crippen molar-refractivity contribution in [3.63, 3.8) is 0 Å². The number of methoxy groups -OCH3 is 1. The molecule has 3 rings (SSSR count). The van der Waals surface area contributed by atoms with E-state index in [4.69, 9.17) is 20.9 Å². The van der Waals surface area contributed by atoms with Gasteiger partial charge in [0.25, 0.3) is 0 Å². The lowest BCUT2D eigenvalue weighted by molar-refractivity contribution is -0.120. The predicted octanol–water partition coefficient (Wildman–Crippen LogP) is 3.91. The van der Waals surface area contributed by atoms with E-state index in [1.165, 1.54) is 0 Å². The molecule has 0 unspecified atom stereocenters. The van der Waals surface area contributed by atoms with Gasteiger partial charge >= 0.3 is 0 Å². The second-order valence-corrected chi connectivity index (χ2v) is 6.21. The van der Waals surface area contributed by atoms with E-state index in [0.717, 1.165) is 16.9 Å². The Kier molecular flexibility index (Phi) is 5.92. The van der Waals surface area contributed by atoms with E-state index in [9.17, 15) is 4.79 Å². The second kappa shape index (κ2) is 8.54. The molecule has 134 valence electrons. The monoisotopic (exact) mass is 370 g/mol. The number of nitrogens with zero attached hydrogens (tertiary/aromatic N) is 1. The zero-order valence-corrected chi connectivity index (χ0v) is 15.1. The number of rotatable bonds is 7. The molecule has 0 aliphatic heterocycles. The van der Waals surface area contributed by atoms with E-state index < -0.39 is 0 Å². The standard InChI is InChI=1S/C20H19ClN2O3/c1-25-18-5-3-2-4-14(18)10-11-22-20(24)13-17-12-19(26-23-17)15-6-8-16(21)9-7-15/h2-9,12H,10-11,13H2,1H3,(H,22,24). The molecule has 3 aromatic rings. The summed E-state index contributed by atoms with van der Waals surface area (Å²) >= 11 is 5.88. The van der Waals surface area contributed by atoms with Gasteiger partial charge in [0.1, 0.15) is 5.75 Å². The third kappa shape index (κ3) is 4.64. The third-order valence-electron chi connectivity index (χ3n) is 3.94. The molecular formula is C20H19ClN2O3. The number of carbonyl (C=O) groups is 1. The highest BCUT2D eigenvalue weighted by Crippen LogP contribution is 2.22. The topological polar surface area (TPSA) is 64.4 Å². The Hall–Kier alpha value is -2.79. The van der Waals surface area contributed by atoms with Gasteiger partial charge in [-0.25, -0.2) is 0 Å². The van der Waals surface area contributed by atoms with Crippen molar-refractivity contribution >= 4 is 17.5 Å². The summed E-state index contributed by atoms with van der Waals surface area (Å²) in [6.45, 7) is 0.529. The average molecular weight is 371 g/mol. The van der Waals surface area contributed by atoms with Crippen molar-refractivity contribution in [1.29, 1.82) is 0 Å². The summed E-state index contributed by atoms with van der Waals surface area (Å²) in [5.74, 6) is 1.33. The number of nitrogens with one attached hydrogen (secondary N) is 1. The molecule has 1 aromatic heterocycles. The Bertz CT molecular complexity index is 875. The van der Waals surface area contributed by atoms with Gasteiger partial charge in [-0.1, -0.05) is 35.0 Å². The van der Waals surface area contributed by atoms with Crippen molar-refractivity contribution in [3.05, 3.63) is 70.9 Å². The van der Waals surface area contributed by atoms with Crippen LogP contribution in [0.5, 0.6) is 5.75 Å². The number of para-hydroxylation sites is 1. The Morgan fingerprint density at radius 2 is 1.96 bits per heavy atom. The van der Waals surface area contributed by atoms with E-state index >= 15 is 0 Å². The highest BCUT2D eigenvalue weighted by Gasteiger charge is 2.11. The maximum absolute atomic E-state index is 12.1.